The highest BCUT2D eigenvalue weighted by molar-refractivity contribution is 5.26. The first-order valence-corrected chi connectivity index (χ1v) is 6.10. The van der Waals surface area contributed by atoms with E-state index in [1.165, 1.54) is 11.1 Å². The van der Waals surface area contributed by atoms with Crippen LogP contribution in [0.4, 0.5) is 0 Å². The summed E-state index contributed by atoms with van der Waals surface area (Å²) in [6.07, 6.45) is 1.12. The summed E-state index contributed by atoms with van der Waals surface area (Å²) < 4.78 is 0. The van der Waals surface area contributed by atoms with Gasteiger partial charge in [0.2, 0.25) is 0 Å². The van der Waals surface area contributed by atoms with E-state index in [1.54, 1.807) is 0 Å². The van der Waals surface area contributed by atoms with Crippen molar-refractivity contribution in [2.75, 3.05) is 20.6 Å². The summed E-state index contributed by atoms with van der Waals surface area (Å²) in [5, 5.41) is 6.55. The third-order valence-corrected chi connectivity index (χ3v) is 3.04. The minimum Gasteiger partial charge on any atom is -0.320 e. The standard InChI is InChI=1S/C14H24N2/c1-11(2)12-5-7-13(8-6-12)14(16-4)9-10-15-3/h5-8,11,14-16H,9-10H2,1-4H3. The Morgan fingerprint density at radius 1 is 1.00 bits per heavy atom. The maximum atomic E-state index is 3.36. The first kappa shape index (κ1) is 13.2. The van der Waals surface area contributed by atoms with E-state index in [-0.39, 0.29) is 0 Å². The van der Waals surface area contributed by atoms with Gasteiger partial charge in [-0.05, 0) is 44.1 Å². The van der Waals surface area contributed by atoms with Gasteiger partial charge in [0.15, 0.2) is 0 Å². The van der Waals surface area contributed by atoms with Gasteiger partial charge in [0, 0.05) is 6.04 Å². The van der Waals surface area contributed by atoms with Crippen LogP contribution >= 0.6 is 0 Å². The van der Waals surface area contributed by atoms with Gasteiger partial charge in [0.25, 0.3) is 0 Å². The van der Waals surface area contributed by atoms with Crippen molar-refractivity contribution in [3.8, 4) is 0 Å². The van der Waals surface area contributed by atoms with Crippen molar-refractivity contribution in [2.45, 2.75) is 32.2 Å². The van der Waals surface area contributed by atoms with Crippen LogP contribution in [0.25, 0.3) is 0 Å². The molecule has 0 aliphatic carbocycles. The molecule has 0 spiro atoms. The maximum Gasteiger partial charge on any atom is 0.0329 e. The Hall–Kier alpha value is -0.860. The zero-order valence-corrected chi connectivity index (χ0v) is 10.9. The number of nitrogens with one attached hydrogen (secondary N) is 2. The lowest BCUT2D eigenvalue weighted by Crippen LogP contribution is -2.21. The Balaban J connectivity index is 2.70. The van der Waals surface area contributed by atoms with Crippen molar-refractivity contribution in [3.05, 3.63) is 35.4 Å². The zero-order valence-electron chi connectivity index (χ0n) is 10.9. The summed E-state index contributed by atoms with van der Waals surface area (Å²) >= 11 is 0. The molecule has 90 valence electrons. The first-order valence-electron chi connectivity index (χ1n) is 6.10. The normalized spacial score (nSPS) is 13.1. The Bertz CT molecular complexity index is 290. The van der Waals surface area contributed by atoms with Gasteiger partial charge in [0.05, 0.1) is 0 Å². The molecule has 1 atom stereocenters. The molecule has 0 amide bonds. The average Bonchev–Trinajstić information content (AvgIpc) is 2.30. The van der Waals surface area contributed by atoms with Crippen molar-refractivity contribution in [2.24, 2.45) is 0 Å². The van der Waals surface area contributed by atoms with Crippen LogP contribution in [0.3, 0.4) is 0 Å². The average molecular weight is 220 g/mol. The fourth-order valence-corrected chi connectivity index (χ4v) is 1.88. The second kappa shape index (κ2) is 6.66. The second-order valence-electron chi connectivity index (χ2n) is 4.55. The highest BCUT2D eigenvalue weighted by atomic mass is 14.9. The summed E-state index contributed by atoms with van der Waals surface area (Å²) in [6, 6.07) is 9.42. The van der Waals surface area contributed by atoms with Crippen LogP contribution in [-0.4, -0.2) is 20.6 Å². The first-order chi connectivity index (χ1) is 7.69. The van der Waals surface area contributed by atoms with Gasteiger partial charge in [-0.1, -0.05) is 38.1 Å². The van der Waals surface area contributed by atoms with Crippen molar-refractivity contribution in [3.63, 3.8) is 0 Å². The zero-order chi connectivity index (χ0) is 12.0. The molecule has 1 unspecified atom stereocenters. The molecule has 0 radical (unpaired) electrons. The van der Waals surface area contributed by atoms with Crippen LogP contribution in [0.15, 0.2) is 24.3 Å². The molecule has 0 saturated carbocycles. The van der Waals surface area contributed by atoms with Crippen molar-refractivity contribution >= 4 is 0 Å². The second-order valence-corrected chi connectivity index (χ2v) is 4.55. The predicted octanol–water partition coefficient (Wildman–Crippen LogP) is 2.68. The van der Waals surface area contributed by atoms with Gasteiger partial charge in [-0.2, -0.15) is 0 Å². The summed E-state index contributed by atoms with van der Waals surface area (Å²) in [4.78, 5) is 0. The Morgan fingerprint density at radius 2 is 1.56 bits per heavy atom. The van der Waals surface area contributed by atoms with E-state index in [0.717, 1.165) is 13.0 Å². The molecular formula is C14H24N2. The van der Waals surface area contributed by atoms with Crippen molar-refractivity contribution in [1.29, 1.82) is 0 Å². The van der Waals surface area contributed by atoms with E-state index in [0.29, 0.717) is 12.0 Å². The lowest BCUT2D eigenvalue weighted by atomic mass is 9.98. The monoisotopic (exact) mass is 220 g/mol. The molecule has 2 heteroatoms. The highest BCUT2D eigenvalue weighted by Gasteiger charge is 2.08. The molecule has 0 aromatic heterocycles. The van der Waals surface area contributed by atoms with Gasteiger partial charge < -0.3 is 10.6 Å². The molecule has 16 heavy (non-hydrogen) atoms. The molecule has 0 aliphatic heterocycles. The highest BCUT2D eigenvalue weighted by Crippen LogP contribution is 2.20. The molecule has 1 rings (SSSR count). The molecule has 2 N–H and O–H groups in total. The smallest absolute Gasteiger partial charge is 0.0329 e. The number of benzene rings is 1. The molecule has 2 nitrogen and oxygen atoms in total. The number of rotatable bonds is 6. The van der Waals surface area contributed by atoms with E-state index in [1.807, 2.05) is 14.1 Å². The third-order valence-electron chi connectivity index (χ3n) is 3.04. The quantitative estimate of drug-likeness (QED) is 0.770. The van der Waals surface area contributed by atoms with Crippen molar-refractivity contribution < 1.29 is 0 Å². The summed E-state index contributed by atoms with van der Waals surface area (Å²) in [5.41, 5.74) is 2.79. The molecule has 1 aromatic rings. The van der Waals surface area contributed by atoms with Gasteiger partial charge in [-0.25, -0.2) is 0 Å². The van der Waals surface area contributed by atoms with E-state index in [4.69, 9.17) is 0 Å². The van der Waals surface area contributed by atoms with E-state index < -0.39 is 0 Å². The summed E-state index contributed by atoms with van der Waals surface area (Å²) in [6.45, 7) is 5.49. The SMILES string of the molecule is CNCCC(NC)c1ccc(C(C)C)cc1. The number of hydrogen-bond acceptors (Lipinski definition) is 2. The molecule has 0 heterocycles. The lowest BCUT2D eigenvalue weighted by Gasteiger charge is -2.17. The molecular weight excluding hydrogens is 196 g/mol. The minimum atomic E-state index is 0.452. The third kappa shape index (κ3) is 3.62. The Morgan fingerprint density at radius 3 is 2.00 bits per heavy atom. The van der Waals surface area contributed by atoms with Gasteiger partial charge in [-0.3, -0.25) is 0 Å². The molecule has 0 saturated heterocycles. The Labute approximate surface area is 99.5 Å². The summed E-state index contributed by atoms with van der Waals surface area (Å²) in [5.74, 6) is 0.611. The topological polar surface area (TPSA) is 24.1 Å². The van der Waals surface area contributed by atoms with E-state index in [2.05, 4.69) is 48.7 Å². The number of hydrogen-bond donors (Lipinski definition) is 2. The van der Waals surface area contributed by atoms with Crippen LogP contribution < -0.4 is 10.6 Å². The molecule has 1 aromatic carbocycles. The minimum absolute atomic E-state index is 0.452. The van der Waals surface area contributed by atoms with Crippen LogP contribution in [-0.2, 0) is 0 Å². The van der Waals surface area contributed by atoms with Crippen LogP contribution in [0.2, 0.25) is 0 Å². The van der Waals surface area contributed by atoms with Gasteiger partial charge in [0.1, 0.15) is 0 Å². The van der Waals surface area contributed by atoms with Gasteiger partial charge in [-0.15, -0.1) is 0 Å². The molecule has 0 bridgehead atoms. The Kier molecular flexibility index (Phi) is 5.50. The van der Waals surface area contributed by atoms with Crippen LogP contribution in [0.1, 0.15) is 43.4 Å². The van der Waals surface area contributed by atoms with Gasteiger partial charge >= 0.3 is 0 Å². The maximum absolute atomic E-state index is 3.36. The fraction of sp³-hybridized carbons (Fsp3) is 0.571. The molecule has 0 fully saturated rings. The lowest BCUT2D eigenvalue weighted by molar-refractivity contribution is 0.533. The van der Waals surface area contributed by atoms with Crippen LogP contribution in [0, 0.1) is 0 Å². The van der Waals surface area contributed by atoms with Crippen molar-refractivity contribution in [1.82, 2.24) is 10.6 Å². The predicted molar refractivity (Wildman–Crippen MR) is 70.9 cm³/mol. The molecule has 0 aliphatic rings. The largest absolute Gasteiger partial charge is 0.320 e. The summed E-state index contributed by atoms with van der Waals surface area (Å²) in [7, 11) is 4.02. The van der Waals surface area contributed by atoms with E-state index >= 15 is 0 Å². The fourth-order valence-electron chi connectivity index (χ4n) is 1.88. The van der Waals surface area contributed by atoms with Crippen LogP contribution in [0.5, 0.6) is 0 Å². The van der Waals surface area contributed by atoms with E-state index in [9.17, 15) is 0 Å².